The van der Waals surface area contributed by atoms with E-state index in [2.05, 4.69) is 0 Å². The molecule has 0 aliphatic rings. The quantitative estimate of drug-likeness (QED) is 0.554. The highest BCUT2D eigenvalue weighted by Gasteiger charge is 2.23. The molecule has 3 N–H and O–H groups in total. The molecule has 1 aromatic rings. The van der Waals surface area contributed by atoms with Crippen molar-refractivity contribution in [3.05, 3.63) is 17.9 Å². The molecule has 1 rings (SSSR count). The van der Waals surface area contributed by atoms with E-state index in [9.17, 15) is 12.8 Å². The molecule has 6 nitrogen and oxygen atoms in total. The van der Waals surface area contributed by atoms with Crippen molar-refractivity contribution in [2.24, 2.45) is 0 Å². The molecule has 0 radical (unpaired) electrons. The Morgan fingerprint density at radius 2 is 2.00 bits per heavy atom. The van der Waals surface area contributed by atoms with Crippen molar-refractivity contribution in [3.8, 4) is 5.75 Å². The first-order valence-electron chi connectivity index (χ1n) is 6.54. The molecule has 0 aliphatic carbocycles. The lowest BCUT2D eigenvalue weighted by atomic mass is 10.2. The largest absolute Gasteiger partial charge is 0.492 e. The van der Waals surface area contributed by atoms with Crippen LogP contribution < -0.4 is 10.5 Å². The van der Waals surface area contributed by atoms with Gasteiger partial charge in [0.25, 0.3) is 0 Å². The van der Waals surface area contributed by atoms with Crippen molar-refractivity contribution >= 4 is 15.7 Å². The zero-order chi connectivity index (χ0) is 16.0. The monoisotopic (exact) mass is 320 g/mol. The fraction of sp³-hybridized carbons (Fsp3) is 0.538. The number of sulfonamides is 1. The van der Waals surface area contributed by atoms with Crippen molar-refractivity contribution in [2.45, 2.75) is 24.2 Å². The van der Waals surface area contributed by atoms with Gasteiger partial charge in [0.05, 0.1) is 17.7 Å². The molecule has 0 saturated heterocycles. The predicted molar refractivity (Wildman–Crippen MR) is 78.1 cm³/mol. The molecule has 8 heteroatoms. The molecule has 0 amide bonds. The van der Waals surface area contributed by atoms with Gasteiger partial charge in [-0.15, -0.1) is 0 Å². The zero-order valence-electron chi connectivity index (χ0n) is 12.2. The lowest BCUT2D eigenvalue weighted by Gasteiger charge is -2.18. The van der Waals surface area contributed by atoms with E-state index in [0.29, 0.717) is 12.8 Å². The van der Waals surface area contributed by atoms with Gasteiger partial charge >= 0.3 is 0 Å². The number of ether oxygens (including phenoxy) is 1. The number of benzene rings is 1. The Labute approximate surface area is 124 Å². The second-order valence-corrected chi connectivity index (χ2v) is 6.68. The van der Waals surface area contributed by atoms with E-state index in [1.165, 1.54) is 20.2 Å². The lowest BCUT2D eigenvalue weighted by Crippen LogP contribution is -2.28. The molecule has 120 valence electrons. The number of halogens is 1. The number of aliphatic hydroxyl groups excluding tert-OH is 1. The van der Waals surface area contributed by atoms with Crippen LogP contribution in [0.4, 0.5) is 10.1 Å². The van der Waals surface area contributed by atoms with Crippen molar-refractivity contribution in [2.75, 3.05) is 33.0 Å². The number of hydrogen-bond donors (Lipinski definition) is 2. The second-order valence-electron chi connectivity index (χ2n) is 4.64. The maximum absolute atomic E-state index is 13.7. The van der Waals surface area contributed by atoms with Gasteiger partial charge in [-0.3, -0.25) is 0 Å². The molecule has 0 aromatic heterocycles. The van der Waals surface area contributed by atoms with Crippen molar-refractivity contribution in [1.29, 1.82) is 0 Å². The van der Waals surface area contributed by atoms with E-state index in [-0.39, 0.29) is 29.5 Å². The minimum absolute atomic E-state index is 0.0650. The van der Waals surface area contributed by atoms with Gasteiger partial charge in [0.1, 0.15) is 0 Å². The molecule has 0 atom stereocenters. The van der Waals surface area contributed by atoms with Crippen LogP contribution in [0.15, 0.2) is 17.0 Å². The summed E-state index contributed by atoms with van der Waals surface area (Å²) in [7, 11) is -1.12. The highest BCUT2D eigenvalue weighted by molar-refractivity contribution is 7.89. The standard InChI is InChI=1S/C13H21FN2O4S/c1-16(6-4-3-5-7-17)21(18,19)10-8-11(14)13(20-2)12(15)9-10/h8-9,17H,3-7,15H2,1-2H3. The lowest BCUT2D eigenvalue weighted by molar-refractivity contribution is 0.281. The van der Waals surface area contributed by atoms with Crippen LogP contribution >= 0.6 is 0 Å². The molecule has 0 fully saturated rings. The Kier molecular flexibility index (Phi) is 6.38. The average Bonchev–Trinajstić information content (AvgIpc) is 2.42. The number of nitrogens with two attached hydrogens (primary N) is 1. The summed E-state index contributed by atoms with van der Waals surface area (Å²) in [4.78, 5) is -0.206. The summed E-state index contributed by atoms with van der Waals surface area (Å²) in [6.45, 7) is 0.368. The van der Waals surface area contributed by atoms with Gasteiger partial charge < -0.3 is 15.6 Å². The third kappa shape index (κ3) is 4.29. The summed E-state index contributed by atoms with van der Waals surface area (Å²) in [5, 5.41) is 8.68. The molecular weight excluding hydrogens is 299 g/mol. The average molecular weight is 320 g/mol. The van der Waals surface area contributed by atoms with Crippen LogP contribution in [0.2, 0.25) is 0 Å². The Morgan fingerprint density at radius 1 is 1.33 bits per heavy atom. The van der Waals surface area contributed by atoms with Crippen LogP contribution in [0.3, 0.4) is 0 Å². The Morgan fingerprint density at radius 3 is 2.52 bits per heavy atom. The van der Waals surface area contributed by atoms with Crippen LogP contribution in [-0.2, 0) is 10.0 Å². The molecule has 21 heavy (non-hydrogen) atoms. The number of methoxy groups -OCH3 is 1. The first-order valence-corrected chi connectivity index (χ1v) is 7.98. The summed E-state index contributed by atoms with van der Waals surface area (Å²) < 4.78 is 44.3. The zero-order valence-corrected chi connectivity index (χ0v) is 13.0. The number of anilines is 1. The molecule has 0 bridgehead atoms. The minimum Gasteiger partial charge on any atom is -0.492 e. The third-order valence-corrected chi connectivity index (χ3v) is 4.92. The van der Waals surface area contributed by atoms with E-state index in [4.69, 9.17) is 15.6 Å². The van der Waals surface area contributed by atoms with Gasteiger partial charge in [0, 0.05) is 20.2 Å². The number of rotatable bonds is 8. The summed E-state index contributed by atoms with van der Waals surface area (Å²) in [5.74, 6) is -0.982. The number of aliphatic hydroxyl groups is 1. The molecule has 1 aromatic carbocycles. The van der Waals surface area contributed by atoms with Crippen LogP contribution in [0.1, 0.15) is 19.3 Å². The maximum atomic E-state index is 13.7. The van der Waals surface area contributed by atoms with Gasteiger partial charge in [-0.1, -0.05) is 0 Å². The molecule has 0 saturated carbocycles. The summed E-state index contributed by atoms with van der Waals surface area (Å²) in [6, 6.07) is 2.08. The minimum atomic E-state index is -3.80. The van der Waals surface area contributed by atoms with Gasteiger partial charge in [-0.05, 0) is 31.4 Å². The number of nitrogens with zero attached hydrogens (tertiary/aromatic N) is 1. The molecule has 0 heterocycles. The molecule has 0 spiro atoms. The van der Waals surface area contributed by atoms with Crippen LogP contribution in [0, 0.1) is 5.82 Å². The summed E-state index contributed by atoms with van der Waals surface area (Å²) in [6.07, 6.45) is 1.96. The van der Waals surface area contributed by atoms with Gasteiger partial charge in [0.2, 0.25) is 10.0 Å². The van der Waals surface area contributed by atoms with E-state index < -0.39 is 15.8 Å². The van der Waals surface area contributed by atoms with Crippen LogP contribution in [0.5, 0.6) is 5.75 Å². The summed E-state index contributed by atoms with van der Waals surface area (Å²) >= 11 is 0. The SMILES string of the molecule is COc1c(N)cc(S(=O)(=O)N(C)CCCCCO)cc1F. The maximum Gasteiger partial charge on any atom is 0.242 e. The topological polar surface area (TPSA) is 92.9 Å². The highest BCUT2D eigenvalue weighted by Crippen LogP contribution is 2.29. The first kappa shape index (κ1) is 17.7. The van der Waals surface area contributed by atoms with Crippen molar-refractivity contribution in [1.82, 2.24) is 4.31 Å². The predicted octanol–water partition coefficient (Wildman–Crippen LogP) is 1.20. The molecular formula is C13H21FN2O4S. The smallest absolute Gasteiger partial charge is 0.242 e. The fourth-order valence-electron chi connectivity index (χ4n) is 1.88. The van der Waals surface area contributed by atoms with Crippen LogP contribution in [0.25, 0.3) is 0 Å². The molecule has 0 unspecified atom stereocenters. The Balaban J connectivity index is 2.92. The van der Waals surface area contributed by atoms with E-state index in [0.717, 1.165) is 16.8 Å². The summed E-state index contributed by atoms with van der Waals surface area (Å²) in [5.41, 5.74) is 5.53. The highest BCUT2D eigenvalue weighted by atomic mass is 32.2. The number of hydrogen-bond acceptors (Lipinski definition) is 5. The third-order valence-electron chi connectivity index (χ3n) is 3.09. The number of nitrogen functional groups attached to an aromatic ring is 1. The van der Waals surface area contributed by atoms with Crippen molar-refractivity contribution in [3.63, 3.8) is 0 Å². The van der Waals surface area contributed by atoms with Gasteiger partial charge in [-0.2, -0.15) is 0 Å². The van der Waals surface area contributed by atoms with Crippen molar-refractivity contribution < 1.29 is 22.7 Å². The second kappa shape index (κ2) is 7.58. The molecule has 0 aliphatic heterocycles. The van der Waals surface area contributed by atoms with Crippen LogP contribution in [-0.4, -0.2) is 45.1 Å². The van der Waals surface area contributed by atoms with E-state index in [1.807, 2.05) is 0 Å². The fourth-order valence-corrected chi connectivity index (χ4v) is 3.13. The normalized spacial score (nSPS) is 11.9. The van der Waals surface area contributed by atoms with Gasteiger partial charge in [0.15, 0.2) is 11.6 Å². The van der Waals surface area contributed by atoms with E-state index in [1.54, 1.807) is 0 Å². The first-order chi connectivity index (χ1) is 9.84. The Bertz CT molecular complexity index is 555. The Hall–Kier alpha value is -1.38. The number of unbranched alkanes of at least 4 members (excludes halogenated alkanes) is 2. The van der Waals surface area contributed by atoms with Gasteiger partial charge in [-0.25, -0.2) is 17.1 Å². The van der Waals surface area contributed by atoms with E-state index >= 15 is 0 Å².